The van der Waals surface area contributed by atoms with E-state index in [1.807, 2.05) is 37.3 Å². The van der Waals surface area contributed by atoms with Crippen LogP contribution in [0.15, 0.2) is 59.5 Å². The molecule has 11 heteroatoms. The molecule has 0 aliphatic carbocycles. The first kappa shape index (κ1) is 30.1. The number of hydrogen-bond donors (Lipinski definition) is 3. The Balaban J connectivity index is 2.29. The van der Waals surface area contributed by atoms with E-state index in [1.165, 1.54) is 30.5 Å². The minimum absolute atomic E-state index is 0.0688. The monoisotopic (exact) mass is 535 g/mol. The largest absolute Gasteiger partial charge is 0.497 e. The van der Waals surface area contributed by atoms with Crippen molar-refractivity contribution in [3.8, 4) is 5.75 Å². The predicted molar refractivity (Wildman–Crippen MR) is 139 cm³/mol. The summed E-state index contributed by atoms with van der Waals surface area (Å²) in [5, 5.41) is 13.8. The van der Waals surface area contributed by atoms with Gasteiger partial charge < -0.3 is 25.6 Å². The highest BCUT2D eigenvalue weighted by molar-refractivity contribution is 7.89. The highest BCUT2D eigenvalue weighted by Gasteiger charge is 2.31. The number of unbranched alkanes of at least 4 members (excludes halogenated alkanes) is 2. The molecule has 0 spiro atoms. The van der Waals surface area contributed by atoms with Gasteiger partial charge in [0.1, 0.15) is 5.75 Å². The highest BCUT2D eigenvalue weighted by atomic mass is 32.2. The van der Waals surface area contributed by atoms with Crippen LogP contribution in [0.2, 0.25) is 0 Å². The molecule has 0 heterocycles. The van der Waals surface area contributed by atoms with Crippen LogP contribution in [0.3, 0.4) is 0 Å². The summed E-state index contributed by atoms with van der Waals surface area (Å²) in [6, 6.07) is 14.2. The number of hydrogen-bond acceptors (Lipinski definition) is 7. The number of primary amides is 1. The molecule has 0 aliphatic heterocycles. The van der Waals surface area contributed by atoms with Gasteiger partial charge in [0.15, 0.2) is 6.10 Å². The number of rotatable bonds is 15. The third kappa shape index (κ3) is 9.34. The number of nitrogens with zero attached hydrogens (tertiary/aromatic N) is 1. The minimum Gasteiger partial charge on any atom is -0.497 e. The second-order valence-electron chi connectivity index (χ2n) is 8.70. The number of carbonyl (C=O) groups excluding carboxylic acids is 2. The summed E-state index contributed by atoms with van der Waals surface area (Å²) in [5.74, 6) is -0.296. The van der Waals surface area contributed by atoms with Crippen LogP contribution < -0.4 is 15.8 Å². The number of nitrogens with two attached hydrogens (primary N) is 1. The smallest absolute Gasteiger partial charge is 0.408 e. The third-order valence-corrected chi connectivity index (χ3v) is 7.73. The highest BCUT2D eigenvalue weighted by Crippen LogP contribution is 2.21. The lowest BCUT2D eigenvalue weighted by atomic mass is 10.0. The van der Waals surface area contributed by atoms with Gasteiger partial charge in [-0.05, 0) is 49.6 Å². The Hall–Kier alpha value is -3.15. The number of methoxy groups -OCH3 is 1. The number of aliphatic hydroxyl groups excluding tert-OH is 1. The predicted octanol–water partition coefficient (Wildman–Crippen LogP) is 2.45. The number of ether oxygens (including phenoxy) is 2. The van der Waals surface area contributed by atoms with Crippen molar-refractivity contribution in [2.75, 3.05) is 20.2 Å². The minimum atomic E-state index is -3.95. The molecular weight excluding hydrogens is 498 g/mol. The van der Waals surface area contributed by atoms with Crippen LogP contribution in [0, 0.1) is 0 Å². The van der Waals surface area contributed by atoms with Crippen molar-refractivity contribution in [3.05, 3.63) is 60.2 Å². The second-order valence-corrected chi connectivity index (χ2v) is 10.6. The standard InChI is InChI=1S/C26H37N3O7S/c1-4-5-9-16-29(37(33,34)22-14-12-21(35-3)13-15-22)18-24(30)23(17-20-10-7-6-8-11-20)28-26(32)36-19(2)25(27)31/h6-8,10-15,19,23-24,30H,4-5,9,16-18H2,1-3H3,(H2,27,31)(H,28,32)/t19-,23?,24-/m1/s1. The zero-order chi connectivity index (χ0) is 27.4. The number of carbonyl (C=O) groups is 2. The van der Waals surface area contributed by atoms with Gasteiger partial charge in [0.05, 0.1) is 24.2 Å². The molecule has 2 rings (SSSR count). The van der Waals surface area contributed by atoms with E-state index < -0.39 is 40.3 Å². The van der Waals surface area contributed by atoms with Crippen molar-refractivity contribution in [1.82, 2.24) is 9.62 Å². The number of alkyl carbamates (subject to hydrolysis) is 1. The van der Waals surface area contributed by atoms with Crippen molar-refractivity contribution in [2.24, 2.45) is 5.73 Å². The molecule has 0 aromatic heterocycles. The summed E-state index contributed by atoms with van der Waals surface area (Å²) in [6.45, 7) is 3.28. The maximum atomic E-state index is 13.5. The summed E-state index contributed by atoms with van der Waals surface area (Å²) in [6.07, 6.45) is -0.890. The van der Waals surface area contributed by atoms with Gasteiger partial charge in [0.25, 0.3) is 5.91 Å². The van der Waals surface area contributed by atoms with E-state index in [-0.39, 0.29) is 24.4 Å². The number of benzene rings is 2. The van der Waals surface area contributed by atoms with Crippen LogP contribution in [-0.2, 0) is 26.0 Å². The maximum absolute atomic E-state index is 13.5. The summed E-state index contributed by atoms with van der Waals surface area (Å²) < 4.78 is 38.3. The molecule has 3 atom stereocenters. The summed E-state index contributed by atoms with van der Waals surface area (Å²) in [4.78, 5) is 23.8. The fourth-order valence-electron chi connectivity index (χ4n) is 3.64. The fraction of sp³-hybridized carbons (Fsp3) is 0.462. The average Bonchev–Trinajstić information content (AvgIpc) is 2.88. The number of amides is 2. The van der Waals surface area contributed by atoms with Gasteiger partial charge in [0, 0.05) is 13.1 Å². The van der Waals surface area contributed by atoms with Gasteiger partial charge >= 0.3 is 6.09 Å². The fourth-order valence-corrected chi connectivity index (χ4v) is 5.13. The Bertz CT molecular complexity index is 1090. The van der Waals surface area contributed by atoms with Gasteiger partial charge in [0.2, 0.25) is 10.0 Å². The lowest BCUT2D eigenvalue weighted by Gasteiger charge is -2.30. The van der Waals surface area contributed by atoms with Crippen LogP contribution in [-0.4, -0.2) is 68.3 Å². The van der Waals surface area contributed by atoms with Crippen molar-refractivity contribution in [3.63, 3.8) is 0 Å². The Labute approximate surface area is 218 Å². The average molecular weight is 536 g/mol. The van der Waals surface area contributed by atoms with Crippen LogP contribution in [0.25, 0.3) is 0 Å². The van der Waals surface area contributed by atoms with E-state index in [0.717, 1.165) is 18.4 Å². The molecule has 1 unspecified atom stereocenters. The molecule has 10 nitrogen and oxygen atoms in total. The van der Waals surface area contributed by atoms with Crippen LogP contribution in [0.1, 0.15) is 38.7 Å². The van der Waals surface area contributed by atoms with Crippen molar-refractivity contribution >= 4 is 22.0 Å². The molecule has 0 saturated carbocycles. The van der Waals surface area contributed by atoms with Crippen LogP contribution in [0.4, 0.5) is 4.79 Å². The number of sulfonamides is 1. The van der Waals surface area contributed by atoms with Gasteiger partial charge in [-0.3, -0.25) is 4.79 Å². The molecule has 2 aromatic rings. The second kappa shape index (κ2) is 14.6. The van der Waals surface area contributed by atoms with E-state index in [0.29, 0.717) is 12.2 Å². The van der Waals surface area contributed by atoms with E-state index in [4.69, 9.17) is 15.2 Å². The Morgan fingerprint density at radius 3 is 2.30 bits per heavy atom. The third-order valence-electron chi connectivity index (χ3n) is 5.85. The van der Waals surface area contributed by atoms with Crippen LogP contribution in [0.5, 0.6) is 5.75 Å². The lowest BCUT2D eigenvalue weighted by molar-refractivity contribution is -0.125. The van der Waals surface area contributed by atoms with Crippen molar-refractivity contribution in [1.29, 1.82) is 0 Å². The van der Waals surface area contributed by atoms with E-state index >= 15 is 0 Å². The van der Waals surface area contributed by atoms with Gasteiger partial charge in [-0.25, -0.2) is 13.2 Å². The van der Waals surface area contributed by atoms with Gasteiger partial charge in [-0.15, -0.1) is 0 Å². The zero-order valence-electron chi connectivity index (χ0n) is 21.5. The SMILES string of the molecule is CCCCCN(C[C@@H](O)C(Cc1ccccc1)NC(=O)O[C@H](C)C(N)=O)S(=O)(=O)c1ccc(OC)cc1. The Morgan fingerprint density at radius 2 is 1.73 bits per heavy atom. The maximum Gasteiger partial charge on any atom is 0.408 e. The Morgan fingerprint density at radius 1 is 1.08 bits per heavy atom. The normalized spacial score (nSPS) is 14.0. The molecule has 2 aromatic carbocycles. The molecule has 4 N–H and O–H groups in total. The molecular formula is C26H37N3O7S. The van der Waals surface area contributed by atoms with Crippen LogP contribution >= 0.6 is 0 Å². The molecule has 0 fully saturated rings. The topological polar surface area (TPSA) is 148 Å². The molecule has 204 valence electrons. The number of nitrogens with one attached hydrogen (secondary N) is 1. The molecule has 2 amide bonds. The number of aliphatic hydroxyl groups is 1. The molecule has 0 radical (unpaired) electrons. The van der Waals surface area contributed by atoms with Gasteiger partial charge in [-0.1, -0.05) is 50.1 Å². The summed E-state index contributed by atoms with van der Waals surface area (Å²) in [7, 11) is -2.46. The molecule has 0 bridgehead atoms. The molecule has 0 aliphatic rings. The van der Waals surface area contributed by atoms with E-state index in [2.05, 4.69) is 5.32 Å². The van der Waals surface area contributed by atoms with E-state index in [1.54, 1.807) is 12.1 Å². The zero-order valence-corrected chi connectivity index (χ0v) is 22.3. The summed E-state index contributed by atoms with van der Waals surface area (Å²) >= 11 is 0. The van der Waals surface area contributed by atoms with Crippen molar-refractivity contribution < 1.29 is 32.6 Å². The van der Waals surface area contributed by atoms with E-state index in [9.17, 15) is 23.1 Å². The first-order valence-electron chi connectivity index (χ1n) is 12.2. The van der Waals surface area contributed by atoms with Crippen molar-refractivity contribution in [2.45, 2.75) is 62.7 Å². The summed E-state index contributed by atoms with van der Waals surface area (Å²) in [5.41, 5.74) is 5.98. The first-order valence-corrected chi connectivity index (χ1v) is 13.6. The Kier molecular flexibility index (Phi) is 11.8. The first-order chi connectivity index (χ1) is 17.6. The lowest BCUT2D eigenvalue weighted by Crippen LogP contribution is -2.51. The molecule has 0 saturated heterocycles. The quantitative estimate of drug-likeness (QED) is 0.297. The molecule has 37 heavy (non-hydrogen) atoms. The van der Waals surface area contributed by atoms with Gasteiger partial charge in [-0.2, -0.15) is 4.31 Å².